The molecule has 8 nitrogen and oxygen atoms in total. The fourth-order valence-electron chi connectivity index (χ4n) is 5.21. The number of para-hydroxylation sites is 2. The van der Waals surface area contributed by atoms with Crippen LogP contribution >= 0.6 is 0 Å². The summed E-state index contributed by atoms with van der Waals surface area (Å²) in [6, 6.07) is 10.1. The van der Waals surface area contributed by atoms with Crippen LogP contribution in [0.2, 0.25) is 0 Å². The fraction of sp³-hybridized carbons (Fsp3) is 0.556. The van der Waals surface area contributed by atoms with Gasteiger partial charge in [0.2, 0.25) is 6.10 Å². The summed E-state index contributed by atoms with van der Waals surface area (Å²) in [6.45, 7) is 2.84. The first kappa shape index (κ1) is 23.7. The third kappa shape index (κ3) is 5.48. The van der Waals surface area contributed by atoms with E-state index in [2.05, 4.69) is 5.32 Å². The number of nitrogens with zero attached hydrogens (tertiary/aromatic N) is 1. The average molecular weight is 483 g/mol. The molecule has 0 radical (unpaired) electrons. The van der Waals surface area contributed by atoms with Gasteiger partial charge in [-0.2, -0.15) is 0 Å². The maximum Gasteiger partial charge on any atom is 0.268 e. The van der Waals surface area contributed by atoms with Gasteiger partial charge < -0.3 is 28.8 Å². The number of hydrogen-bond acceptors (Lipinski definition) is 6. The third-order valence-corrected chi connectivity index (χ3v) is 7.03. The Bertz CT molecular complexity index is 1020. The van der Waals surface area contributed by atoms with E-state index in [-0.39, 0.29) is 37.1 Å². The molecule has 2 amide bonds. The molecule has 1 saturated carbocycles. The molecule has 3 heterocycles. The van der Waals surface area contributed by atoms with Crippen molar-refractivity contribution in [3.63, 3.8) is 0 Å². The van der Waals surface area contributed by atoms with Crippen LogP contribution in [0.4, 0.5) is 0 Å². The monoisotopic (exact) mass is 482 g/mol. The van der Waals surface area contributed by atoms with E-state index in [4.69, 9.17) is 18.6 Å². The topological polar surface area (TPSA) is 90.2 Å². The molecule has 1 aliphatic carbocycles. The molecule has 0 bridgehead atoms. The van der Waals surface area contributed by atoms with Crippen LogP contribution in [0.5, 0.6) is 11.5 Å². The van der Waals surface area contributed by atoms with Crippen LogP contribution in [-0.4, -0.2) is 54.7 Å². The van der Waals surface area contributed by atoms with E-state index in [1.54, 1.807) is 17.0 Å². The van der Waals surface area contributed by atoms with Crippen LogP contribution in [0, 0.1) is 6.92 Å². The van der Waals surface area contributed by atoms with Crippen molar-refractivity contribution < 1.29 is 28.2 Å². The standard InChI is InChI=1S/C27H34N2O6/c1-18-13-14-23(34-18)25(26(30)28-19-8-3-2-4-9-19)29(16-20-10-7-15-32-20)27(31)24-17-33-21-11-5-6-12-22(21)35-24/h5-6,11-14,19-20,24-25H,2-4,7-10,15-17H2,1H3,(H,28,30)/t20-,24-,25-/m0/s1. The Balaban J connectivity index is 1.43. The number of nitrogens with one attached hydrogen (secondary N) is 1. The number of aryl methyl sites for hydroxylation is 1. The van der Waals surface area contributed by atoms with E-state index in [9.17, 15) is 9.59 Å². The highest BCUT2D eigenvalue weighted by atomic mass is 16.6. The largest absolute Gasteiger partial charge is 0.485 e. The van der Waals surface area contributed by atoms with Crippen molar-refractivity contribution in [2.24, 2.45) is 0 Å². The molecule has 1 aromatic carbocycles. The second kappa shape index (κ2) is 10.7. The Kier molecular flexibility index (Phi) is 7.27. The fourth-order valence-corrected chi connectivity index (χ4v) is 5.21. The zero-order valence-corrected chi connectivity index (χ0v) is 20.2. The minimum atomic E-state index is -0.914. The van der Waals surface area contributed by atoms with Crippen LogP contribution in [0.1, 0.15) is 62.5 Å². The van der Waals surface area contributed by atoms with E-state index in [1.165, 1.54) is 6.42 Å². The highest BCUT2D eigenvalue weighted by molar-refractivity contribution is 5.90. The van der Waals surface area contributed by atoms with Crippen molar-refractivity contribution in [1.82, 2.24) is 10.2 Å². The molecule has 0 spiro atoms. The van der Waals surface area contributed by atoms with Gasteiger partial charge in [0.05, 0.1) is 6.10 Å². The van der Waals surface area contributed by atoms with Crippen molar-refractivity contribution in [2.75, 3.05) is 19.8 Å². The zero-order chi connectivity index (χ0) is 24.2. The molecule has 188 valence electrons. The maximum atomic E-state index is 14.0. The van der Waals surface area contributed by atoms with Gasteiger partial charge in [-0.1, -0.05) is 31.4 Å². The molecule has 2 aromatic rings. The number of ether oxygens (including phenoxy) is 3. The number of furan rings is 1. The molecule has 1 aromatic heterocycles. The van der Waals surface area contributed by atoms with Gasteiger partial charge in [-0.25, -0.2) is 0 Å². The summed E-state index contributed by atoms with van der Waals surface area (Å²) >= 11 is 0. The number of hydrogen-bond donors (Lipinski definition) is 1. The smallest absolute Gasteiger partial charge is 0.268 e. The van der Waals surface area contributed by atoms with Gasteiger partial charge in [-0.3, -0.25) is 9.59 Å². The lowest BCUT2D eigenvalue weighted by Gasteiger charge is -2.36. The van der Waals surface area contributed by atoms with E-state index in [1.807, 2.05) is 31.2 Å². The molecule has 3 aliphatic rings. The predicted molar refractivity (Wildman–Crippen MR) is 128 cm³/mol. The predicted octanol–water partition coefficient (Wildman–Crippen LogP) is 3.93. The lowest BCUT2D eigenvalue weighted by molar-refractivity contribution is -0.151. The molecular formula is C27H34N2O6. The van der Waals surface area contributed by atoms with E-state index in [0.29, 0.717) is 29.6 Å². The minimum absolute atomic E-state index is 0.0754. The zero-order valence-electron chi connectivity index (χ0n) is 20.2. The number of rotatable bonds is 7. The second-order valence-electron chi connectivity index (χ2n) is 9.68. The molecule has 2 fully saturated rings. The van der Waals surface area contributed by atoms with Crippen LogP contribution in [0.25, 0.3) is 0 Å². The normalized spacial score (nSPS) is 23.0. The molecule has 35 heavy (non-hydrogen) atoms. The summed E-state index contributed by atoms with van der Waals surface area (Å²) in [6.07, 6.45) is 6.05. The summed E-state index contributed by atoms with van der Waals surface area (Å²) in [5.41, 5.74) is 0. The SMILES string of the molecule is Cc1ccc([C@@H](C(=O)NC2CCCCC2)N(C[C@@H]2CCCO2)C(=O)[C@@H]2COc3ccccc3O2)o1. The van der Waals surface area contributed by atoms with Crippen molar-refractivity contribution in [3.05, 3.63) is 47.9 Å². The van der Waals surface area contributed by atoms with Gasteiger partial charge >= 0.3 is 0 Å². The van der Waals surface area contributed by atoms with Crippen molar-refractivity contribution in [2.45, 2.75) is 76.2 Å². The Labute approximate surface area is 205 Å². The molecule has 1 N–H and O–H groups in total. The molecule has 8 heteroatoms. The van der Waals surface area contributed by atoms with Crippen LogP contribution in [-0.2, 0) is 14.3 Å². The highest BCUT2D eigenvalue weighted by Crippen LogP contribution is 2.33. The van der Waals surface area contributed by atoms with Crippen LogP contribution in [0.3, 0.4) is 0 Å². The Morgan fingerprint density at radius 3 is 2.54 bits per heavy atom. The molecular weight excluding hydrogens is 448 g/mol. The van der Waals surface area contributed by atoms with Gasteiger partial charge in [0.1, 0.15) is 18.1 Å². The summed E-state index contributed by atoms with van der Waals surface area (Å²) in [5.74, 6) is 1.72. The van der Waals surface area contributed by atoms with Crippen molar-refractivity contribution in [3.8, 4) is 11.5 Å². The van der Waals surface area contributed by atoms with Gasteiger partial charge in [0, 0.05) is 19.2 Å². The van der Waals surface area contributed by atoms with Gasteiger partial charge in [-0.15, -0.1) is 0 Å². The third-order valence-electron chi connectivity index (χ3n) is 7.03. The first-order chi connectivity index (χ1) is 17.1. The molecule has 5 rings (SSSR count). The lowest BCUT2D eigenvalue weighted by atomic mass is 9.95. The Morgan fingerprint density at radius 2 is 1.83 bits per heavy atom. The van der Waals surface area contributed by atoms with E-state index < -0.39 is 12.1 Å². The number of amides is 2. The summed E-state index contributed by atoms with van der Waals surface area (Å²) < 4.78 is 23.7. The average Bonchev–Trinajstić information content (AvgIpc) is 3.55. The molecule has 1 saturated heterocycles. The summed E-state index contributed by atoms with van der Waals surface area (Å²) in [4.78, 5) is 29.3. The first-order valence-electron chi connectivity index (χ1n) is 12.8. The molecule has 3 atom stereocenters. The Hall–Kier alpha value is -3.00. The second-order valence-corrected chi connectivity index (χ2v) is 9.68. The maximum absolute atomic E-state index is 14.0. The van der Waals surface area contributed by atoms with Crippen LogP contribution < -0.4 is 14.8 Å². The highest BCUT2D eigenvalue weighted by Gasteiger charge is 2.41. The van der Waals surface area contributed by atoms with Crippen molar-refractivity contribution >= 4 is 11.8 Å². The van der Waals surface area contributed by atoms with Gasteiger partial charge in [-0.05, 0) is 56.9 Å². The molecule has 0 unspecified atom stereocenters. The number of carbonyl (C=O) groups excluding carboxylic acids is 2. The first-order valence-corrected chi connectivity index (χ1v) is 12.8. The molecule has 2 aliphatic heterocycles. The minimum Gasteiger partial charge on any atom is -0.485 e. The Morgan fingerprint density at radius 1 is 1.03 bits per heavy atom. The summed E-state index contributed by atoms with van der Waals surface area (Å²) in [5, 5.41) is 3.20. The quantitative estimate of drug-likeness (QED) is 0.643. The number of fused-ring (bicyclic) bond motifs is 1. The van der Waals surface area contributed by atoms with E-state index in [0.717, 1.165) is 38.5 Å². The van der Waals surface area contributed by atoms with Crippen molar-refractivity contribution in [1.29, 1.82) is 0 Å². The van der Waals surface area contributed by atoms with Gasteiger partial charge in [0.25, 0.3) is 11.8 Å². The summed E-state index contributed by atoms with van der Waals surface area (Å²) in [7, 11) is 0. The lowest BCUT2D eigenvalue weighted by Crippen LogP contribution is -2.54. The van der Waals surface area contributed by atoms with Gasteiger partial charge in [0.15, 0.2) is 17.5 Å². The number of carbonyl (C=O) groups is 2. The van der Waals surface area contributed by atoms with Crippen LogP contribution in [0.15, 0.2) is 40.8 Å². The van der Waals surface area contributed by atoms with E-state index >= 15 is 0 Å². The number of benzene rings is 1.